The summed E-state index contributed by atoms with van der Waals surface area (Å²) in [5.74, 6) is 0.493. The lowest BCUT2D eigenvalue weighted by Crippen LogP contribution is -1.97. The predicted octanol–water partition coefficient (Wildman–Crippen LogP) is 3.27. The molecule has 0 atom stereocenters. The van der Waals surface area contributed by atoms with Crippen LogP contribution in [-0.4, -0.2) is 40.4 Å². The molecule has 0 saturated heterocycles. The monoisotopic (exact) mass is 336 g/mol. The fraction of sp³-hybridized carbons (Fsp3) is 0.143. The average molecular weight is 337 g/mol. The highest BCUT2D eigenvalue weighted by molar-refractivity contribution is 6.38. The Bertz CT molecular complexity index is 785. The minimum Gasteiger partial charge on any atom is -0.323 e. The van der Waals surface area contributed by atoms with Crippen molar-refractivity contribution >= 4 is 41.6 Å². The highest BCUT2D eigenvalue weighted by Gasteiger charge is 2.16. The molecule has 0 radical (unpaired) electrons. The topological polar surface area (TPSA) is 67.5 Å². The number of fused-ring (bicyclic) bond motifs is 1. The molecule has 1 aromatic carbocycles. The zero-order valence-corrected chi connectivity index (χ0v) is 13.6. The van der Waals surface area contributed by atoms with Crippen LogP contribution in [0.4, 0.5) is 5.95 Å². The Labute approximate surface area is 137 Å². The number of halogens is 2. The number of nitrogens with one attached hydrogen (secondary N) is 1. The molecule has 0 amide bonds. The first kappa shape index (κ1) is 16.4. The molecular formula is C14H14Cl2N6. The summed E-state index contributed by atoms with van der Waals surface area (Å²) in [7, 11) is 3.75. The van der Waals surface area contributed by atoms with Gasteiger partial charge in [0, 0.05) is 0 Å². The van der Waals surface area contributed by atoms with Gasteiger partial charge in [-0.2, -0.15) is 14.5 Å². The smallest absolute Gasteiger partial charge is 0.270 e. The fourth-order valence-corrected chi connectivity index (χ4v) is 2.38. The van der Waals surface area contributed by atoms with E-state index in [4.69, 9.17) is 23.2 Å². The van der Waals surface area contributed by atoms with Gasteiger partial charge in [0.25, 0.3) is 11.7 Å². The molecule has 0 spiro atoms. The molecule has 22 heavy (non-hydrogen) atoms. The highest BCUT2D eigenvalue weighted by Crippen LogP contribution is 2.33. The Morgan fingerprint density at radius 3 is 2.36 bits per heavy atom. The zero-order valence-electron chi connectivity index (χ0n) is 12.1. The van der Waals surface area contributed by atoms with E-state index in [0.717, 1.165) is 5.56 Å². The van der Waals surface area contributed by atoms with Crippen molar-refractivity contribution in [2.45, 2.75) is 0 Å². The number of aliphatic imine (C=N–C) groups is 1. The van der Waals surface area contributed by atoms with E-state index < -0.39 is 0 Å². The molecule has 0 aliphatic carbocycles. The molecule has 0 aliphatic rings. The van der Waals surface area contributed by atoms with Gasteiger partial charge in [0.2, 0.25) is 0 Å². The summed E-state index contributed by atoms with van der Waals surface area (Å²) < 4.78 is 1.39. The number of benzene rings is 1. The van der Waals surface area contributed by atoms with Crippen LogP contribution in [0.25, 0.3) is 16.9 Å². The van der Waals surface area contributed by atoms with Crippen LogP contribution in [0.2, 0.25) is 10.3 Å². The second kappa shape index (κ2) is 7.31. The zero-order chi connectivity index (χ0) is 16.1. The number of hydrogen-bond acceptors (Lipinski definition) is 5. The summed E-state index contributed by atoms with van der Waals surface area (Å²) in [6.07, 6.45) is 0. The van der Waals surface area contributed by atoms with E-state index in [0.29, 0.717) is 10.7 Å². The summed E-state index contributed by atoms with van der Waals surface area (Å²) in [4.78, 5) is 11.8. The van der Waals surface area contributed by atoms with E-state index >= 15 is 0 Å². The fourth-order valence-electron chi connectivity index (χ4n) is 1.74. The van der Waals surface area contributed by atoms with Crippen LogP contribution < -0.4 is 5.32 Å². The number of nitrogens with zero attached hydrogens (tertiary/aromatic N) is 5. The maximum atomic E-state index is 6.33. The Balaban J connectivity index is 0.000000545. The van der Waals surface area contributed by atoms with Crippen LogP contribution in [0.3, 0.4) is 0 Å². The standard InChI is InChI=1S/C12H7Cl2N5.C2H7N/c1-15-11-17-12-16-9(13)8(10(14)19(12)18-11)7-5-3-2-4-6-7;1-3-2/h2-6H,1H2;3H,1-2H3. The lowest BCUT2D eigenvalue weighted by Gasteiger charge is -2.07. The molecule has 2 aromatic heterocycles. The Morgan fingerprint density at radius 2 is 1.77 bits per heavy atom. The van der Waals surface area contributed by atoms with Crippen molar-refractivity contribution in [1.29, 1.82) is 0 Å². The van der Waals surface area contributed by atoms with Crippen molar-refractivity contribution in [3.8, 4) is 11.1 Å². The molecule has 0 aliphatic heterocycles. The van der Waals surface area contributed by atoms with Gasteiger partial charge in [-0.15, -0.1) is 5.10 Å². The lowest BCUT2D eigenvalue weighted by molar-refractivity contribution is 0.941. The second-order valence-electron chi connectivity index (χ2n) is 4.22. The number of hydrogen-bond donors (Lipinski definition) is 1. The summed E-state index contributed by atoms with van der Waals surface area (Å²) in [6, 6.07) is 9.48. The van der Waals surface area contributed by atoms with Crippen molar-refractivity contribution in [1.82, 2.24) is 24.9 Å². The third kappa shape index (κ3) is 3.24. The largest absolute Gasteiger partial charge is 0.323 e. The van der Waals surface area contributed by atoms with Crippen molar-refractivity contribution in [2.24, 2.45) is 4.99 Å². The summed E-state index contributed by atoms with van der Waals surface area (Å²) in [6.45, 7) is 3.37. The van der Waals surface area contributed by atoms with E-state index in [-0.39, 0.29) is 16.9 Å². The van der Waals surface area contributed by atoms with Gasteiger partial charge in [0.15, 0.2) is 0 Å². The van der Waals surface area contributed by atoms with Crippen molar-refractivity contribution in [3.63, 3.8) is 0 Å². The average Bonchev–Trinajstić information content (AvgIpc) is 2.92. The van der Waals surface area contributed by atoms with Crippen LogP contribution in [-0.2, 0) is 0 Å². The molecule has 1 N–H and O–H groups in total. The van der Waals surface area contributed by atoms with Crippen LogP contribution in [0.1, 0.15) is 0 Å². The lowest BCUT2D eigenvalue weighted by atomic mass is 10.1. The Morgan fingerprint density at radius 1 is 1.14 bits per heavy atom. The summed E-state index contributed by atoms with van der Waals surface area (Å²) >= 11 is 12.5. The van der Waals surface area contributed by atoms with E-state index in [2.05, 4.69) is 32.1 Å². The van der Waals surface area contributed by atoms with E-state index in [1.165, 1.54) is 4.52 Å². The Kier molecular flexibility index (Phi) is 5.43. The van der Waals surface area contributed by atoms with Crippen LogP contribution in [0.5, 0.6) is 0 Å². The Hall–Kier alpha value is -2.02. The first-order chi connectivity index (χ1) is 10.6. The van der Waals surface area contributed by atoms with Gasteiger partial charge in [-0.3, -0.25) is 0 Å². The minimum atomic E-state index is 0.204. The SMILES string of the molecule is C=Nc1nc2nc(Cl)c(-c3ccccc3)c(Cl)n2n1.CNC. The number of aromatic nitrogens is 4. The van der Waals surface area contributed by atoms with Crippen LogP contribution in [0.15, 0.2) is 35.3 Å². The normalized spacial score (nSPS) is 10.2. The van der Waals surface area contributed by atoms with Gasteiger partial charge in [0.05, 0.1) is 5.56 Å². The summed E-state index contributed by atoms with van der Waals surface area (Å²) in [5, 5.41) is 7.44. The third-order valence-electron chi connectivity index (χ3n) is 2.58. The molecule has 0 fully saturated rings. The van der Waals surface area contributed by atoms with Crippen molar-refractivity contribution < 1.29 is 0 Å². The van der Waals surface area contributed by atoms with Crippen LogP contribution >= 0.6 is 23.2 Å². The van der Waals surface area contributed by atoms with Gasteiger partial charge < -0.3 is 5.32 Å². The molecule has 3 aromatic rings. The van der Waals surface area contributed by atoms with Gasteiger partial charge in [-0.05, 0) is 26.4 Å². The molecule has 0 saturated carbocycles. The van der Waals surface area contributed by atoms with Gasteiger partial charge in [-0.1, -0.05) is 53.5 Å². The minimum absolute atomic E-state index is 0.204. The third-order valence-corrected chi connectivity index (χ3v) is 3.20. The molecule has 114 valence electrons. The quantitative estimate of drug-likeness (QED) is 0.576. The van der Waals surface area contributed by atoms with Gasteiger partial charge in [0.1, 0.15) is 10.3 Å². The second-order valence-corrected chi connectivity index (χ2v) is 4.93. The molecule has 3 rings (SSSR count). The predicted molar refractivity (Wildman–Crippen MR) is 90.4 cm³/mol. The van der Waals surface area contributed by atoms with Gasteiger partial charge in [-0.25, -0.2) is 4.99 Å². The van der Waals surface area contributed by atoms with E-state index in [1.807, 2.05) is 44.4 Å². The first-order valence-corrected chi connectivity index (χ1v) is 7.10. The molecule has 0 bridgehead atoms. The van der Waals surface area contributed by atoms with Crippen LogP contribution in [0, 0.1) is 0 Å². The first-order valence-electron chi connectivity index (χ1n) is 6.34. The molecule has 2 heterocycles. The molecular weight excluding hydrogens is 323 g/mol. The highest BCUT2D eigenvalue weighted by atomic mass is 35.5. The van der Waals surface area contributed by atoms with Gasteiger partial charge >= 0.3 is 0 Å². The van der Waals surface area contributed by atoms with Crippen molar-refractivity contribution in [3.05, 3.63) is 40.6 Å². The summed E-state index contributed by atoms with van der Waals surface area (Å²) in [5.41, 5.74) is 1.47. The van der Waals surface area contributed by atoms with Crippen molar-refractivity contribution in [2.75, 3.05) is 14.1 Å². The number of rotatable bonds is 2. The molecule has 6 nitrogen and oxygen atoms in total. The van der Waals surface area contributed by atoms with E-state index in [9.17, 15) is 0 Å². The maximum absolute atomic E-state index is 6.33. The van der Waals surface area contributed by atoms with E-state index in [1.54, 1.807) is 0 Å². The molecule has 8 heteroatoms. The maximum Gasteiger partial charge on any atom is 0.270 e. The molecule has 0 unspecified atom stereocenters.